The Bertz CT molecular complexity index is 461. The summed E-state index contributed by atoms with van der Waals surface area (Å²) in [5, 5.41) is 3.34. The highest BCUT2D eigenvalue weighted by molar-refractivity contribution is 5.80. The maximum atomic E-state index is 11.9. The second-order valence-corrected chi connectivity index (χ2v) is 5.15. The Kier molecular flexibility index (Phi) is 7.02. The van der Waals surface area contributed by atoms with E-state index in [9.17, 15) is 4.79 Å². The van der Waals surface area contributed by atoms with Crippen LogP contribution in [0.3, 0.4) is 0 Å². The molecule has 21 heavy (non-hydrogen) atoms. The van der Waals surface area contributed by atoms with E-state index in [1.165, 1.54) is 4.90 Å². The maximum absolute atomic E-state index is 11.9. The van der Waals surface area contributed by atoms with Gasteiger partial charge in [0.2, 0.25) is 0 Å². The van der Waals surface area contributed by atoms with Crippen molar-refractivity contribution >= 4 is 5.91 Å². The highest BCUT2D eigenvalue weighted by atomic mass is 16.5. The number of hydrogen-bond donors (Lipinski definition) is 1. The first-order chi connectivity index (χ1) is 9.99. The van der Waals surface area contributed by atoms with Crippen LogP contribution < -0.4 is 14.8 Å². The van der Waals surface area contributed by atoms with E-state index in [0.29, 0.717) is 11.5 Å². The van der Waals surface area contributed by atoms with Gasteiger partial charge in [-0.1, -0.05) is 13.0 Å². The molecule has 0 aliphatic rings. The van der Waals surface area contributed by atoms with E-state index in [4.69, 9.17) is 9.47 Å². The Hall–Kier alpha value is -1.75. The van der Waals surface area contributed by atoms with Crippen molar-refractivity contribution in [3.8, 4) is 11.5 Å². The monoisotopic (exact) mass is 294 g/mol. The zero-order chi connectivity index (χ0) is 15.8. The van der Waals surface area contributed by atoms with Crippen molar-refractivity contribution in [2.45, 2.75) is 32.9 Å². The lowest BCUT2D eigenvalue weighted by Crippen LogP contribution is -2.35. The molecule has 118 valence electrons. The lowest BCUT2D eigenvalue weighted by Gasteiger charge is -2.20. The normalized spacial score (nSPS) is 11.9. The minimum atomic E-state index is -0.548. The predicted molar refractivity (Wildman–Crippen MR) is 83.8 cm³/mol. The molecule has 0 radical (unpaired) electrons. The van der Waals surface area contributed by atoms with Crippen LogP contribution in [0, 0.1) is 0 Å². The van der Waals surface area contributed by atoms with Crippen LogP contribution in [0.4, 0.5) is 0 Å². The number of carbonyl (C=O) groups excluding carboxylic acids is 1. The molecule has 5 nitrogen and oxygen atoms in total. The van der Waals surface area contributed by atoms with Crippen molar-refractivity contribution in [3.05, 3.63) is 23.8 Å². The zero-order valence-electron chi connectivity index (χ0n) is 13.6. The van der Waals surface area contributed by atoms with Crippen LogP contribution in [0.5, 0.6) is 11.5 Å². The van der Waals surface area contributed by atoms with E-state index in [-0.39, 0.29) is 5.91 Å². The molecule has 0 fully saturated rings. The minimum absolute atomic E-state index is 0.0773. The molecule has 1 amide bonds. The van der Waals surface area contributed by atoms with E-state index in [1.54, 1.807) is 28.1 Å². The van der Waals surface area contributed by atoms with E-state index in [1.807, 2.05) is 18.2 Å². The molecule has 0 heterocycles. The molecule has 0 saturated carbocycles. The third-order valence-electron chi connectivity index (χ3n) is 3.08. The van der Waals surface area contributed by atoms with Gasteiger partial charge in [-0.25, -0.2) is 0 Å². The fraction of sp³-hybridized carbons (Fsp3) is 0.562. The van der Waals surface area contributed by atoms with Crippen molar-refractivity contribution in [1.29, 1.82) is 0 Å². The molecule has 5 heteroatoms. The van der Waals surface area contributed by atoms with Gasteiger partial charge in [0.05, 0.1) is 7.11 Å². The lowest BCUT2D eigenvalue weighted by atomic mass is 10.2. The van der Waals surface area contributed by atoms with Crippen molar-refractivity contribution in [2.75, 3.05) is 27.7 Å². The Labute approximate surface area is 127 Å². The number of amides is 1. The number of hydrogen-bond acceptors (Lipinski definition) is 4. The molecule has 0 bridgehead atoms. The van der Waals surface area contributed by atoms with Crippen LogP contribution in [0.2, 0.25) is 0 Å². The van der Waals surface area contributed by atoms with Gasteiger partial charge in [-0.05, 0) is 37.6 Å². The van der Waals surface area contributed by atoms with E-state index in [2.05, 4.69) is 12.2 Å². The topological polar surface area (TPSA) is 50.8 Å². The van der Waals surface area contributed by atoms with Gasteiger partial charge < -0.3 is 19.7 Å². The molecular formula is C16H26N2O3. The molecule has 1 aromatic rings. The first-order valence-corrected chi connectivity index (χ1v) is 7.25. The molecule has 0 aromatic heterocycles. The lowest BCUT2D eigenvalue weighted by molar-refractivity contribution is -0.135. The largest absolute Gasteiger partial charge is 0.493 e. The van der Waals surface area contributed by atoms with Gasteiger partial charge in [0.1, 0.15) is 0 Å². The molecule has 1 aromatic carbocycles. The average molecular weight is 294 g/mol. The van der Waals surface area contributed by atoms with Gasteiger partial charge in [-0.3, -0.25) is 4.79 Å². The Morgan fingerprint density at radius 2 is 2.05 bits per heavy atom. The SMILES string of the molecule is CCCNCc1ccc(OC)c(OC(C)C(=O)N(C)C)c1. The third kappa shape index (κ3) is 5.27. The van der Waals surface area contributed by atoms with E-state index < -0.39 is 6.10 Å². The molecular weight excluding hydrogens is 268 g/mol. The van der Waals surface area contributed by atoms with E-state index in [0.717, 1.165) is 25.1 Å². The Morgan fingerprint density at radius 1 is 1.33 bits per heavy atom. The van der Waals surface area contributed by atoms with Crippen LogP contribution in [-0.2, 0) is 11.3 Å². The summed E-state index contributed by atoms with van der Waals surface area (Å²) < 4.78 is 11.1. The highest BCUT2D eigenvalue weighted by Crippen LogP contribution is 2.29. The van der Waals surface area contributed by atoms with Crippen molar-refractivity contribution in [2.24, 2.45) is 0 Å². The number of methoxy groups -OCH3 is 1. The smallest absolute Gasteiger partial charge is 0.262 e. The van der Waals surface area contributed by atoms with Crippen LogP contribution in [0.1, 0.15) is 25.8 Å². The number of benzene rings is 1. The zero-order valence-corrected chi connectivity index (χ0v) is 13.6. The van der Waals surface area contributed by atoms with Gasteiger partial charge in [0.25, 0.3) is 5.91 Å². The van der Waals surface area contributed by atoms with Crippen LogP contribution in [0.25, 0.3) is 0 Å². The molecule has 0 aliphatic carbocycles. The highest BCUT2D eigenvalue weighted by Gasteiger charge is 2.18. The molecule has 1 unspecified atom stereocenters. The van der Waals surface area contributed by atoms with Crippen molar-refractivity contribution in [3.63, 3.8) is 0 Å². The average Bonchev–Trinajstić information content (AvgIpc) is 2.46. The van der Waals surface area contributed by atoms with Crippen molar-refractivity contribution in [1.82, 2.24) is 10.2 Å². The Balaban J connectivity index is 2.82. The minimum Gasteiger partial charge on any atom is -0.493 e. The van der Waals surface area contributed by atoms with Crippen LogP contribution in [-0.4, -0.2) is 44.7 Å². The van der Waals surface area contributed by atoms with Gasteiger partial charge in [-0.2, -0.15) is 0 Å². The number of rotatable bonds is 8. The van der Waals surface area contributed by atoms with Gasteiger partial charge in [0, 0.05) is 20.6 Å². The second-order valence-electron chi connectivity index (χ2n) is 5.15. The summed E-state index contributed by atoms with van der Waals surface area (Å²) in [7, 11) is 5.02. The first-order valence-electron chi connectivity index (χ1n) is 7.25. The maximum Gasteiger partial charge on any atom is 0.262 e. The van der Waals surface area contributed by atoms with E-state index >= 15 is 0 Å². The first kappa shape index (κ1) is 17.3. The fourth-order valence-electron chi connectivity index (χ4n) is 1.94. The summed E-state index contributed by atoms with van der Waals surface area (Å²) >= 11 is 0. The van der Waals surface area contributed by atoms with Crippen molar-refractivity contribution < 1.29 is 14.3 Å². The summed E-state index contributed by atoms with van der Waals surface area (Å²) in [6, 6.07) is 5.78. The standard InChI is InChI=1S/C16H26N2O3/c1-6-9-17-11-13-7-8-14(20-5)15(10-13)21-12(2)16(19)18(3)4/h7-8,10,12,17H,6,9,11H2,1-5H3. The third-order valence-corrected chi connectivity index (χ3v) is 3.08. The molecule has 1 rings (SSSR count). The summed E-state index contributed by atoms with van der Waals surface area (Å²) in [6.07, 6.45) is 0.543. The summed E-state index contributed by atoms with van der Waals surface area (Å²) in [4.78, 5) is 13.4. The quantitative estimate of drug-likeness (QED) is 0.746. The molecule has 0 saturated heterocycles. The molecule has 0 aliphatic heterocycles. The number of nitrogens with one attached hydrogen (secondary N) is 1. The fourth-order valence-corrected chi connectivity index (χ4v) is 1.94. The number of carbonyl (C=O) groups is 1. The number of nitrogens with zero attached hydrogens (tertiary/aromatic N) is 1. The molecule has 1 N–H and O–H groups in total. The molecule has 1 atom stereocenters. The van der Waals surface area contributed by atoms with Gasteiger partial charge in [0.15, 0.2) is 17.6 Å². The van der Waals surface area contributed by atoms with Gasteiger partial charge >= 0.3 is 0 Å². The Morgan fingerprint density at radius 3 is 2.62 bits per heavy atom. The number of ether oxygens (including phenoxy) is 2. The summed E-state index contributed by atoms with van der Waals surface area (Å²) in [5.41, 5.74) is 1.10. The predicted octanol–water partition coefficient (Wildman–Crippen LogP) is 2.05. The van der Waals surface area contributed by atoms with Crippen LogP contribution in [0.15, 0.2) is 18.2 Å². The second kappa shape index (κ2) is 8.52. The van der Waals surface area contributed by atoms with Gasteiger partial charge in [-0.15, -0.1) is 0 Å². The molecule has 0 spiro atoms. The summed E-state index contributed by atoms with van der Waals surface area (Å²) in [5.74, 6) is 1.15. The van der Waals surface area contributed by atoms with Crippen LogP contribution >= 0.6 is 0 Å². The summed E-state index contributed by atoms with van der Waals surface area (Å²) in [6.45, 7) is 5.61. The number of likely N-dealkylation sites (N-methyl/N-ethyl adjacent to an activating group) is 1.